The highest BCUT2D eigenvalue weighted by Crippen LogP contribution is 2.59. The highest BCUT2D eigenvalue weighted by molar-refractivity contribution is 5.99. The molecule has 6 rings (SSSR count). The van der Waals surface area contributed by atoms with Crippen LogP contribution in [0.4, 0.5) is 5.69 Å². The van der Waals surface area contributed by atoms with E-state index in [4.69, 9.17) is 10.7 Å². The first-order chi connectivity index (χ1) is 18.9. The minimum atomic E-state index is -0.262. The van der Waals surface area contributed by atoms with E-state index in [0.717, 1.165) is 53.8 Å². The van der Waals surface area contributed by atoms with E-state index < -0.39 is 0 Å². The Morgan fingerprint density at radius 2 is 1.90 bits per heavy atom. The molecule has 3 aliphatic carbocycles. The SMILES string of the molecule is C=C(/C=C\C=C/N)NC(=O)c1ccc2[nH]c(-c3ccc(NC(=O)C45CCC[C@H]6C[C@@H](CC6C4)C5)cc3)nc2c1. The number of H-pyrrole nitrogens is 1. The normalized spacial score (nSPS) is 25.8. The molecule has 39 heavy (non-hydrogen) atoms. The summed E-state index contributed by atoms with van der Waals surface area (Å²) in [6.07, 6.45) is 14.7. The van der Waals surface area contributed by atoms with Crippen molar-refractivity contribution in [2.24, 2.45) is 28.9 Å². The molecular weight excluding hydrogens is 486 g/mol. The lowest BCUT2D eigenvalue weighted by Gasteiger charge is -2.38. The number of hydrogen-bond acceptors (Lipinski definition) is 4. The fourth-order valence-electron chi connectivity index (χ4n) is 7.21. The van der Waals surface area contributed by atoms with Crippen LogP contribution in [0.2, 0.25) is 0 Å². The van der Waals surface area contributed by atoms with Crippen LogP contribution in [0.3, 0.4) is 0 Å². The summed E-state index contributed by atoms with van der Waals surface area (Å²) in [4.78, 5) is 34.2. The molecule has 0 saturated heterocycles. The van der Waals surface area contributed by atoms with Gasteiger partial charge in [-0.05, 0) is 111 Å². The number of carbonyl (C=O) groups is 2. The molecule has 7 nitrogen and oxygen atoms in total. The van der Waals surface area contributed by atoms with E-state index in [2.05, 4.69) is 22.2 Å². The first-order valence-corrected chi connectivity index (χ1v) is 13.9. The number of fused-ring (bicyclic) bond motifs is 3. The first-order valence-electron chi connectivity index (χ1n) is 13.9. The smallest absolute Gasteiger partial charge is 0.255 e. The maximum atomic E-state index is 13.5. The quantitative estimate of drug-likeness (QED) is 0.284. The van der Waals surface area contributed by atoms with Crippen molar-refractivity contribution in [3.63, 3.8) is 0 Å². The van der Waals surface area contributed by atoms with Gasteiger partial charge in [0.2, 0.25) is 5.91 Å². The summed E-state index contributed by atoms with van der Waals surface area (Å²) >= 11 is 0. The second kappa shape index (κ2) is 10.2. The Labute approximate surface area is 228 Å². The Kier molecular flexibility index (Phi) is 6.59. The number of rotatable bonds is 7. The van der Waals surface area contributed by atoms with E-state index in [1.165, 1.54) is 31.9 Å². The highest BCUT2D eigenvalue weighted by Gasteiger charge is 2.52. The van der Waals surface area contributed by atoms with Crippen molar-refractivity contribution < 1.29 is 9.59 Å². The summed E-state index contributed by atoms with van der Waals surface area (Å²) in [7, 11) is 0. The van der Waals surface area contributed by atoms with Gasteiger partial charge in [-0.15, -0.1) is 0 Å². The van der Waals surface area contributed by atoms with Crippen molar-refractivity contribution in [3.05, 3.63) is 84.7 Å². The molecule has 7 heteroatoms. The van der Waals surface area contributed by atoms with Crippen LogP contribution in [0.25, 0.3) is 22.4 Å². The van der Waals surface area contributed by atoms with E-state index in [0.29, 0.717) is 22.6 Å². The molecule has 2 amide bonds. The largest absolute Gasteiger partial charge is 0.405 e. The summed E-state index contributed by atoms with van der Waals surface area (Å²) in [5.41, 5.74) is 9.34. The number of amides is 2. The molecule has 2 unspecified atom stereocenters. The zero-order chi connectivity index (χ0) is 27.0. The predicted octanol–water partition coefficient (Wildman–Crippen LogP) is 6.05. The van der Waals surface area contributed by atoms with E-state index in [1.54, 1.807) is 30.4 Å². The van der Waals surface area contributed by atoms with Gasteiger partial charge in [0, 0.05) is 22.5 Å². The average Bonchev–Trinajstić information content (AvgIpc) is 3.44. The van der Waals surface area contributed by atoms with E-state index in [-0.39, 0.29) is 17.2 Å². The number of nitrogens with one attached hydrogen (secondary N) is 3. The monoisotopic (exact) mass is 521 g/mol. The van der Waals surface area contributed by atoms with Gasteiger partial charge in [-0.2, -0.15) is 0 Å². The molecule has 3 aromatic rings. The van der Waals surface area contributed by atoms with Gasteiger partial charge in [0.25, 0.3) is 5.91 Å². The third kappa shape index (κ3) is 5.01. The zero-order valence-electron chi connectivity index (χ0n) is 22.1. The zero-order valence-corrected chi connectivity index (χ0v) is 22.1. The summed E-state index contributed by atoms with van der Waals surface area (Å²) < 4.78 is 0. The molecule has 2 aromatic carbocycles. The van der Waals surface area contributed by atoms with Crippen LogP contribution < -0.4 is 16.4 Å². The van der Waals surface area contributed by atoms with Crippen molar-refractivity contribution >= 4 is 28.5 Å². The molecule has 0 aliphatic heterocycles. The van der Waals surface area contributed by atoms with Crippen molar-refractivity contribution in [1.29, 1.82) is 0 Å². The molecule has 3 aliphatic rings. The van der Waals surface area contributed by atoms with Gasteiger partial charge in [0.1, 0.15) is 5.82 Å². The van der Waals surface area contributed by atoms with Crippen LogP contribution in [0.1, 0.15) is 55.3 Å². The fraction of sp³-hybridized carbons (Fsp3) is 0.344. The number of allylic oxidation sites excluding steroid dienone is 3. The summed E-state index contributed by atoms with van der Waals surface area (Å²) in [5, 5.41) is 6.00. The molecular formula is C32H35N5O2. The highest BCUT2D eigenvalue weighted by atomic mass is 16.2. The van der Waals surface area contributed by atoms with E-state index in [9.17, 15) is 9.59 Å². The molecule has 3 bridgehead atoms. The van der Waals surface area contributed by atoms with Crippen molar-refractivity contribution in [1.82, 2.24) is 15.3 Å². The van der Waals surface area contributed by atoms with Gasteiger partial charge in [-0.1, -0.05) is 25.5 Å². The molecule has 3 fully saturated rings. The fourth-order valence-corrected chi connectivity index (χ4v) is 7.21. The molecule has 1 heterocycles. The lowest BCUT2D eigenvalue weighted by molar-refractivity contribution is -0.129. The molecule has 4 atom stereocenters. The lowest BCUT2D eigenvalue weighted by Crippen LogP contribution is -2.40. The van der Waals surface area contributed by atoms with Crippen LogP contribution in [-0.2, 0) is 4.79 Å². The number of benzene rings is 2. The van der Waals surface area contributed by atoms with E-state index in [1.807, 2.05) is 30.3 Å². The molecule has 0 radical (unpaired) electrons. The van der Waals surface area contributed by atoms with Crippen LogP contribution >= 0.6 is 0 Å². The van der Waals surface area contributed by atoms with Crippen LogP contribution in [-0.4, -0.2) is 21.8 Å². The number of nitrogens with zero attached hydrogens (tertiary/aromatic N) is 1. The molecule has 1 aromatic heterocycles. The number of hydrogen-bond donors (Lipinski definition) is 4. The van der Waals surface area contributed by atoms with Gasteiger partial charge >= 0.3 is 0 Å². The predicted molar refractivity (Wildman–Crippen MR) is 154 cm³/mol. The second-order valence-electron chi connectivity index (χ2n) is 11.5. The van der Waals surface area contributed by atoms with Gasteiger partial charge in [0.15, 0.2) is 0 Å². The minimum absolute atomic E-state index is 0.190. The molecule has 200 valence electrons. The number of imidazole rings is 1. The summed E-state index contributed by atoms with van der Waals surface area (Å²) in [6, 6.07) is 13.2. The number of nitrogens with two attached hydrogens (primary N) is 1. The van der Waals surface area contributed by atoms with Gasteiger partial charge in [-0.25, -0.2) is 4.98 Å². The van der Waals surface area contributed by atoms with Crippen LogP contribution in [0, 0.1) is 23.2 Å². The maximum Gasteiger partial charge on any atom is 0.255 e. The van der Waals surface area contributed by atoms with Gasteiger partial charge in [-0.3, -0.25) is 9.59 Å². The molecule has 0 spiro atoms. The molecule has 3 saturated carbocycles. The van der Waals surface area contributed by atoms with Crippen molar-refractivity contribution in [3.8, 4) is 11.4 Å². The Hall–Kier alpha value is -4.13. The Morgan fingerprint density at radius 1 is 1.08 bits per heavy atom. The van der Waals surface area contributed by atoms with E-state index >= 15 is 0 Å². The second-order valence-corrected chi connectivity index (χ2v) is 11.5. The third-order valence-electron chi connectivity index (χ3n) is 8.94. The standard InChI is InChI=1S/C32H35N5O2/c1-20(5-2-3-14-33)34-30(38)24-9-12-27-28(17-24)37-29(36-27)22-7-10-26(11-8-22)35-31(39)32-13-4-6-23-15-21(18-32)16-25(23)19-32/h2-3,5,7-12,14,17,21,23,25H,1,4,6,13,15-16,18-19,33H2,(H,34,38)(H,35,39)(H,36,37)/b5-2-,14-3-/t21-,23-,25?,32?/m0/s1. The lowest BCUT2D eigenvalue weighted by atomic mass is 9.67. The van der Waals surface area contributed by atoms with Gasteiger partial charge < -0.3 is 21.4 Å². The summed E-state index contributed by atoms with van der Waals surface area (Å²) in [6.45, 7) is 3.83. The number of carbonyl (C=O) groups excluding carboxylic acids is 2. The van der Waals surface area contributed by atoms with Crippen molar-refractivity contribution in [2.45, 2.75) is 44.9 Å². The Morgan fingerprint density at radius 3 is 2.72 bits per heavy atom. The van der Waals surface area contributed by atoms with Crippen molar-refractivity contribution in [2.75, 3.05) is 5.32 Å². The third-order valence-corrected chi connectivity index (χ3v) is 8.94. The average molecular weight is 522 g/mol. The number of aromatic nitrogens is 2. The minimum Gasteiger partial charge on any atom is -0.405 e. The summed E-state index contributed by atoms with van der Waals surface area (Å²) in [5.74, 6) is 2.98. The van der Waals surface area contributed by atoms with Crippen LogP contribution in [0.15, 0.2) is 79.2 Å². The topological polar surface area (TPSA) is 113 Å². The van der Waals surface area contributed by atoms with Gasteiger partial charge in [0.05, 0.1) is 16.4 Å². The first kappa shape index (κ1) is 25.2. The molecule has 5 N–H and O–H groups in total. The Balaban J connectivity index is 1.14. The number of aromatic amines is 1. The maximum absolute atomic E-state index is 13.5. The Bertz CT molecular complexity index is 1480. The van der Waals surface area contributed by atoms with Crippen LogP contribution in [0.5, 0.6) is 0 Å². The number of anilines is 1.